The van der Waals surface area contributed by atoms with Gasteiger partial charge in [-0.2, -0.15) is 0 Å². The Morgan fingerprint density at radius 2 is 2.00 bits per heavy atom. The molecule has 0 aromatic heterocycles. The molecule has 1 rings (SSSR count). The zero-order valence-corrected chi connectivity index (χ0v) is 5.34. The van der Waals surface area contributed by atoms with Crippen LogP contribution in [-0.2, 0) is 9.53 Å². The molecular formula is C6H5ClO2. The second-order valence-electron chi connectivity index (χ2n) is 1.62. The Morgan fingerprint density at radius 3 is 2.33 bits per heavy atom. The van der Waals surface area contributed by atoms with Crippen LogP contribution >= 0.6 is 11.6 Å². The first kappa shape index (κ1) is 6.36. The SMILES string of the molecule is O=C(Cl)C1C=COC=C1. The number of carbonyl (C=O) groups is 1. The first-order valence-electron chi connectivity index (χ1n) is 2.49. The van der Waals surface area contributed by atoms with Crippen LogP contribution in [0.25, 0.3) is 0 Å². The van der Waals surface area contributed by atoms with Crippen LogP contribution in [0.2, 0.25) is 0 Å². The van der Waals surface area contributed by atoms with Gasteiger partial charge in [-0.3, -0.25) is 4.79 Å². The summed E-state index contributed by atoms with van der Waals surface area (Å²) in [7, 11) is 0. The topological polar surface area (TPSA) is 26.3 Å². The van der Waals surface area contributed by atoms with Gasteiger partial charge in [0.1, 0.15) is 0 Å². The molecule has 0 aliphatic carbocycles. The molecule has 1 aliphatic rings. The molecule has 0 aromatic rings. The van der Waals surface area contributed by atoms with Gasteiger partial charge in [-0.15, -0.1) is 0 Å². The fraction of sp³-hybridized carbons (Fsp3) is 0.167. The van der Waals surface area contributed by atoms with Gasteiger partial charge in [0.05, 0.1) is 18.4 Å². The van der Waals surface area contributed by atoms with Crippen molar-refractivity contribution >= 4 is 16.8 Å². The third kappa shape index (κ3) is 1.57. The summed E-state index contributed by atoms with van der Waals surface area (Å²) in [5, 5.41) is -0.384. The number of halogens is 1. The van der Waals surface area contributed by atoms with E-state index in [4.69, 9.17) is 11.6 Å². The average molecular weight is 145 g/mol. The predicted molar refractivity (Wildman–Crippen MR) is 33.7 cm³/mol. The van der Waals surface area contributed by atoms with E-state index in [1.807, 2.05) is 0 Å². The van der Waals surface area contributed by atoms with E-state index in [-0.39, 0.29) is 11.2 Å². The number of carbonyl (C=O) groups excluding carboxylic acids is 1. The monoisotopic (exact) mass is 144 g/mol. The van der Waals surface area contributed by atoms with Crippen molar-refractivity contribution in [3.8, 4) is 0 Å². The highest BCUT2D eigenvalue weighted by Crippen LogP contribution is 2.09. The summed E-state index contributed by atoms with van der Waals surface area (Å²) in [4.78, 5) is 10.4. The van der Waals surface area contributed by atoms with E-state index < -0.39 is 0 Å². The van der Waals surface area contributed by atoms with Crippen molar-refractivity contribution < 1.29 is 9.53 Å². The van der Waals surface area contributed by atoms with Crippen LogP contribution in [0, 0.1) is 5.92 Å². The molecule has 1 heterocycles. The van der Waals surface area contributed by atoms with Gasteiger partial charge in [0, 0.05) is 0 Å². The summed E-state index contributed by atoms with van der Waals surface area (Å²) in [5.74, 6) is -0.305. The molecule has 0 radical (unpaired) electrons. The van der Waals surface area contributed by atoms with Crippen LogP contribution in [0.5, 0.6) is 0 Å². The molecule has 0 fully saturated rings. The zero-order chi connectivity index (χ0) is 6.69. The Balaban J connectivity index is 2.60. The molecule has 0 saturated carbocycles. The van der Waals surface area contributed by atoms with Gasteiger partial charge in [0.25, 0.3) is 0 Å². The van der Waals surface area contributed by atoms with E-state index in [2.05, 4.69) is 4.74 Å². The lowest BCUT2D eigenvalue weighted by Crippen LogP contribution is -2.03. The Bertz CT molecular complexity index is 160. The zero-order valence-electron chi connectivity index (χ0n) is 4.58. The maximum atomic E-state index is 10.4. The summed E-state index contributed by atoms with van der Waals surface area (Å²) in [6, 6.07) is 0. The molecule has 48 valence electrons. The molecule has 2 nitrogen and oxygen atoms in total. The lowest BCUT2D eigenvalue weighted by molar-refractivity contribution is -0.112. The number of hydrogen-bond donors (Lipinski definition) is 0. The van der Waals surface area contributed by atoms with E-state index in [1.54, 1.807) is 12.2 Å². The fourth-order valence-electron chi connectivity index (χ4n) is 0.521. The summed E-state index contributed by atoms with van der Waals surface area (Å²) in [6.07, 6.45) is 6.06. The van der Waals surface area contributed by atoms with Gasteiger partial charge in [0.15, 0.2) is 0 Å². The largest absolute Gasteiger partial charge is 0.473 e. The van der Waals surface area contributed by atoms with Gasteiger partial charge < -0.3 is 4.74 Å². The molecule has 9 heavy (non-hydrogen) atoms. The molecule has 0 aromatic carbocycles. The molecule has 1 aliphatic heterocycles. The maximum absolute atomic E-state index is 10.4. The molecule has 0 spiro atoms. The molecule has 0 amide bonds. The number of ether oxygens (including phenoxy) is 1. The first-order chi connectivity index (χ1) is 4.30. The van der Waals surface area contributed by atoms with Crippen LogP contribution in [-0.4, -0.2) is 5.24 Å². The van der Waals surface area contributed by atoms with Crippen LogP contribution < -0.4 is 0 Å². The second kappa shape index (κ2) is 2.69. The van der Waals surface area contributed by atoms with E-state index in [9.17, 15) is 4.79 Å². The van der Waals surface area contributed by atoms with Gasteiger partial charge in [-0.25, -0.2) is 0 Å². The van der Waals surface area contributed by atoms with E-state index in [0.717, 1.165) is 0 Å². The van der Waals surface area contributed by atoms with E-state index in [1.165, 1.54) is 12.5 Å². The summed E-state index contributed by atoms with van der Waals surface area (Å²) < 4.78 is 4.68. The fourth-order valence-corrected chi connectivity index (χ4v) is 0.666. The van der Waals surface area contributed by atoms with Crippen molar-refractivity contribution in [1.82, 2.24) is 0 Å². The third-order valence-corrected chi connectivity index (χ3v) is 1.24. The summed E-state index contributed by atoms with van der Waals surface area (Å²) in [6.45, 7) is 0. The predicted octanol–water partition coefficient (Wildman–Crippen LogP) is 1.43. The number of allylic oxidation sites excluding steroid dienone is 2. The van der Waals surface area contributed by atoms with Crippen molar-refractivity contribution in [1.29, 1.82) is 0 Å². The Labute approximate surface area is 57.8 Å². The molecule has 0 bridgehead atoms. The number of rotatable bonds is 1. The van der Waals surface area contributed by atoms with Crippen LogP contribution in [0.3, 0.4) is 0 Å². The van der Waals surface area contributed by atoms with Crippen molar-refractivity contribution in [2.24, 2.45) is 5.92 Å². The van der Waals surface area contributed by atoms with Crippen molar-refractivity contribution in [3.63, 3.8) is 0 Å². The first-order valence-corrected chi connectivity index (χ1v) is 2.86. The van der Waals surface area contributed by atoms with Crippen molar-refractivity contribution in [2.75, 3.05) is 0 Å². The summed E-state index contributed by atoms with van der Waals surface area (Å²) in [5.41, 5.74) is 0. The Morgan fingerprint density at radius 1 is 1.44 bits per heavy atom. The molecule has 0 N–H and O–H groups in total. The van der Waals surface area contributed by atoms with Crippen LogP contribution in [0.4, 0.5) is 0 Å². The quantitative estimate of drug-likeness (QED) is 0.521. The number of hydrogen-bond acceptors (Lipinski definition) is 2. The molecule has 0 atom stereocenters. The molecular weight excluding hydrogens is 140 g/mol. The highest BCUT2D eigenvalue weighted by atomic mass is 35.5. The van der Waals surface area contributed by atoms with Gasteiger partial charge in [-0.05, 0) is 23.8 Å². The lowest BCUT2D eigenvalue weighted by atomic mass is 10.1. The van der Waals surface area contributed by atoms with E-state index >= 15 is 0 Å². The summed E-state index contributed by atoms with van der Waals surface area (Å²) >= 11 is 5.16. The van der Waals surface area contributed by atoms with E-state index in [0.29, 0.717) is 0 Å². The Kier molecular flexibility index (Phi) is 1.90. The normalized spacial score (nSPS) is 17.4. The van der Waals surface area contributed by atoms with Crippen molar-refractivity contribution in [3.05, 3.63) is 24.7 Å². The molecule has 0 saturated heterocycles. The third-order valence-electron chi connectivity index (χ3n) is 0.991. The van der Waals surface area contributed by atoms with Crippen LogP contribution in [0.15, 0.2) is 24.7 Å². The minimum Gasteiger partial charge on any atom is -0.473 e. The standard InChI is InChI=1S/C6H5ClO2/c7-6(8)5-1-3-9-4-2-5/h1-5H. The van der Waals surface area contributed by atoms with Gasteiger partial charge in [-0.1, -0.05) is 0 Å². The van der Waals surface area contributed by atoms with Gasteiger partial charge in [0.2, 0.25) is 5.24 Å². The minimum atomic E-state index is -0.384. The minimum absolute atomic E-state index is 0.305. The smallest absolute Gasteiger partial charge is 0.232 e. The highest BCUT2D eigenvalue weighted by molar-refractivity contribution is 6.64. The van der Waals surface area contributed by atoms with Gasteiger partial charge >= 0.3 is 0 Å². The van der Waals surface area contributed by atoms with Crippen molar-refractivity contribution in [2.45, 2.75) is 0 Å². The highest BCUT2D eigenvalue weighted by Gasteiger charge is 2.09. The maximum Gasteiger partial charge on any atom is 0.232 e. The molecule has 0 unspecified atom stereocenters. The lowest BCUT2D eigenvalue weighted by Gasteiger charge is -2.03. The second-order valence-corrected chi connectivity index (χ2v) is 2.00. The van der Waals surface area contributed by atoms with Crippen LogP contribution in [0.1, 0.15) is 0 Å². The molecule has 3 heteroatoms. The Hall–Kier alpha value is -0.760. The average Bonchev–Trinajstić information content (AvgIpc) is 1.90.